The van der Waals surface area contributed by atoms with E-state index in [9.17, 15) is 14.0 Å². The van der Waals surface area contributed by atoms with E-state index < -0.39 is 5.97 Å². The summed E-state index contributed by atoms with van der Waals surface area (Å²) in [4.78, 5) is 24.4. The lowest BCUT2D eigenvalue weighted by atomic mass is 9.86. The van der Waals surface area contributed by atoms with Gasteiger partial charge in [0.1, 0.15) is 10.7 Å². The Morgan fingerprint density at radius 1 is 1.29 bits per heavy atom. The fourth-order valence-electron chi connectivity index (χ4n) is 3.10. The number of ether oxygens (including phenoxy) is 1. The second-order valence-electron chi connectivity index (χ2n) is 6.30. The minimum absolute atomic E-state index is 0.164. The van der Waals surface area contributed by atoms with E-state index >= 15 is 0 Å². The first-order valence-electron chi connectivity index (χ1n) is 8.18. The van der Waals surface area contributed by atoms with Crippen LogP contribution in [0.4, 0.5) is 4.39 Å². The van der Waals surface area contributed by atoms with Crippen LogP contribution >= 0.6 is 11.3 Å². The van der Waals surface area contributed by atoms with Crippen molar-refractivity contribution >= 4 is 33.3 Å². The molecule has 2 atom stereocenters. The lowest BCUT2D eigenvalue weighted by Gasteiger charge is -2.29. The van der Waals surface area contributed by atoms with Crippen molar-refractivity contribution < 1.29 is 18.7 Å². The predicted octanol–water partition coefficient (Wildman–Crippen LogP) is 3.89. The van der Waals surface area contributed by atoms with Gasteiger partial charge >= 0.3 is 5.97 Å². The van der Waals surface area contributed by atoms with Gasteiger partial charge in [-0.2, -0.15) is 0 Å². The Morgan fingerprint density at radius 2 is 2.08 bits per heavy atom. The maximum atomic E-state index is 13.2. The van der Waals surface area contributed by atoms with Gasteiger partial charge in [0, 0.05) is 10.7 Å². The van der Waals surface area contributed by atoms with Crippen molar-refractivity contribution in [1.82, 2.24) is 5.32 Å². The average Bonchev–Trinajstić information content (AvgIpc) is 2.98. The van der Waals surface area contributed by atoms with E-state index in [0.717, 1.165) is 24.0 Å². The van der Waals surface area contributed by atoms with Crippen LogP contribution in [0.15, 0.2) is 24.3 Å². The van der Waals surface area contributed by atoms with E-state index in [1.165, 1.54) is 29.9 Å². The molecule has 0 aliphatic heterocycles. The van der Waals surface area contributed by atoms with Crippen LogP contribution in [0, 0.1) is 11.7 Å². The molecule has 0 unspecified atom stereocenters. The SMILES string of the molecule is C[C@@H]1CCCC[C@H]1NC(=O)COC(=O)c1cc2cc(F)ccc2s1. The van der Waals surface area contributed by atoms with Crippen LogP contribution in [0.3, 0.4) is 0 Å². The number of benzene rings is 1. The summed E-state index contributed by atoms with van der Waals surface area (Å²) in [6.07, 6.45) is 4.41. The highest BCUT2D eigenvalue weighted by molar-refractivity contribution is 7.20. The molecule has 1 aromatic carbocycles. The molecule has 24 heavy (non-hydrogen) atoms. The number of fused-ring (bicyclic) bond motifs is 1. The van der Waals surface area contributed by atoms with E-state index in [4.69, 9.17) is 4.74 Å². The molecule has 0 radical (unpaired) electrons. The van der Waals surface area contributed by atoms with Crippen molar-refractivity contribution in [3.63, 3.8) is 0 Å². The van der Waals surface area contributed by atoms with E-state index in [-0.39, 0.29) is 24.4 Å². The van der Waals surface area contributed by atoms with Crippen molar-refractivity contribution in [3.8, 4) is 0 Å². The summed E-state index contributed by atoms with van der Waals surface area (Å²) in [7, 11) is 0. The Hall–Kier alpha value is -1.95. The van der Waals surface area contributed by atoms with Gasteiger partial charge in [-0.15, -0.1) is 11.3 Å². The number of halogens is 1. The lowest BCUT2D eigenvalue weighted by Crippen LogP contribution is -2.42. The maximum absolute atomic E-state index is 13.2. The third-order valence-corrected chi connectivity index (χ3v) is 5.57. The molecular formula is C18H20FNO3S. The third-order valence-electron chi connectivity index (χ3n) is 4.47. The number of hydrogen-bond donors (Lipinski definition) is 1. The molecule has 6 heteroatoms. The zero-order valence-electron chi connectivity index (χ0n) is 13.5. The van der Waals surface area contributed by atoms with Crippen LogP contribution in [0.2, 0.25) is 0 Å². The number of esters is 1. The van der Waals surface area contributed by atoms with Crippen LogP contribution in [-0.2, 0) is 9.53 Å². The van der Waals surface area contributed by atoms with Crippen LogP contribution < -0.4 is 5.32 Å². The Kier molecular flexibility index (Phi) is 5.14. The zero-order chi connectivity index (χ0) is 17.1. The topological polar surface area (TPSA) is 55.4 Å². The van der Waals surface area contributed by atoms with Gasteiger partial charge in [-0.05, 0) is 48.4 Å². The summed E-state index contributed by atoms with van der Waals surface area (Å²) >= 11 is 1.23. The summed E-state index contributed by atoms with van der Waals surface area (Å²) in [6.45, 7) is 1.84. The van der Waals surface area contributed by atoms with Crippen molar-refractivity contribution in [1.29, 1.82) is 0 Å². The van der Waals surface area contributed by atoms with Crippen molar-refractivity contribution in [2.45, 2.75) is 38.6 Å². The lowest BCUT2D eigenvalue weighted by molar-refractivity contribution is -0.125. The quantitative estimate of drug-likeness (QED) is 0.852. The molecule has 1 fully saturated rings. The standard InChI is InChI=1S/C18H20FNO3S/c1-11-4-2-3-5-14(11)20-17(21)10-23-18(22)16-9-12-8-13(19)6-7-15(12)24-16/h6-9,11,14H,2-5,10H2,1H3,(H,20,21)/t11-,14-/m1/s1. The fourth-order valence-corrected chi connectivity index (χ4v) is 4.03. The van der Waals surface area contributed by atoms with Gasteiger partial charge < -0.3 is 10.1 Å². The van der Waals surface area contributed by atoms with Crippen LogP contribution in [-0.4, -0.2) is 24.5 Å². The molecule has 0 bridgehead atoms. The molecule has 1 heterocycles. The second kappa shape index (κ2) is 7.30. The van der Waals surface area contributed by atoms with E-state index in [0.29, 0.717) is 16.2 Å². The van der Waals surface area contributed by atoms with E-state index in [1.807, 2.05) is 0 Å². The first kappa shape index (κ1) is 16.9. The highest BCUT2D eigenvalue weighted by Gasteiger charge is 2.23. The number of amides is 1. The number of carbonyl (C=O) groups is 2. The Bertz CT molecular complexity index is 758. The van der Waals surface area contributed by atoms with E-state index in [1.54, 1.807) is 12.1 Å². The molecule has 0 saturated heterocycles. The number of nitrogens with one attached hydrogen (secondary N) is 1. The minimum atomic E-state index is -0.552. The van der Waals surface area contributed by atoms with Crippen LogP contribution in [0.1, 0.15) is 42.3 Å². The van der Waals surface area contributed by atoms with Gasteiger partial charge in [0.05, 0.1) is 0 Å². The maximum Gasteiger partial charge on any atom is 0.348 e. The predicted molar refractivity (Wildman–Crippen MR) is 91.6 cm³/mol. The molecule has 3 rings (SSSR count). The average molecular weight is 349 g/mol. The number of thiophene rings is 1. The summed E-state index contributed by atoms with van der Waals surface area (Å²) < 4.78 is 19.1. The molecule has 4 nitrogen and oxygen atoms in total. The molecule has 1 aliphatic carbocycles. The van der Waals surface area contributed by atoms with Gasteiger partial charge in [0.15, 0.2) is 6.61 Å². The Balaban J connectivity index is 1.55. The number of rotatable bonds is 4. The summed E-state index contributed by atoms with van der Waals surface area (Å²) in [6, 6.07) is 6.11. The Labute approximate surface area is 144 Å². The van der Waals surface area contributed by atoms with Gasteiger partial charge in [-0.1, -0.05) is 19.8 Å². The molecular weight excluding hydrogens is 329 g/mol. The number of hydrogen-bond acceptors (Lipinski definition) is 4. The van der Waals surface area contributed by atoms with Crippen molar-refractivity contribution in [3.05, 3.63) is 35.0 Å². The fraction of sp³-hybridized carbons (Fsp3) is 0.444. The first-order valence-corrected chi connectivity index (χ1v) is 9.00. The molecule has 1 saturated carbocycles. The minimum Gasteiger partial charge on any atom is -0.451 e. The highest BCUT2D eigenvalue weighted by Crippen LogP contribution is 2.27. The third kappa shape index (κ3) is 3.93. The van der Waals surface area contributed by atoms with Gasteiger partial charge in [0.25, 0.3) is 5.91 Å². The molecule has 1 N–H and O–H groups in total. The highest BCUT2D eigenvalue weighted by atomic mass is 32.1. The summed E-state index contributed by atoms with van der Waals surface area (Å²) in [5, 5.41) is 3.61. The molecule has 1 amide bonds. The monoisotopic (exact) mass is 349 g/mol. The molecule has 128 valence electrons. The van der Waals surface area contributed by atoms with E-state index in [2.05, 4.69) is 12.2 Å². The van der Waals surface area contributed by atoms with Gasteiger partial charge in [-0.3, -0.25) is 4.79 Å². The van der Waals surface area contributed by atoms with Crippen molar-refractivity contribution in [2.75, 3.05) is 6.61 Å². The normalized spacial score (nSPS) is 20.8. The molecule has 1 aliphatic rings. The largest absolute Gasteiger partial charge is 0.451 e. The first-order chi connectivity index (χ1) is 11.5. The summed E-state index contributed by atoms with van der Waals surface area (Å²) in [5.74, 6) is -0.713. The van der Waals surface area contributed by atoms with Crippen molar-refractivity contribution in [2.24, 2.45) is 5.92 Å². The smallest absolute Gasteiger partial charge is 0.348 e. The molecule has 0 spiro atoms. The molecule has 2 aromatic rings. The zero-order valence-corrected chi connectivity index (χ0v) is 14.3. The number of carbonyl (C=O) groups excluding carboxylic acids is 2. The summed E-state index contributed by atoms with van der Waals surface area (Å²) in [5.41, 5.74) is 0. The molecule has 1 aromatic heterocycles. The second-order valence-corrected chi connectivity index (χ2v) is 7.39. The van der Waals surface area contributed by atoms with Crippen LogP contribution in [0.5, 0.6) is 0 Å². The van der Waals surface area contributed by atoms with Crippen LogP contribution in [0.25, 0.3) is 10.1 Å². The Morgan fingerprint density at radius 3 is 2.88 bits per heavy atom. The van der Waals surface area contributed by atoms with Gasteiger partial charge in [0.2, 0.25) is 0 Å². The van der Waals surface area contributed by atoms with Gasteiger partial charge in [-0.25, -0.2) is 9.18 Å².